The fraction of sp³-hybridized carbons (Fsp3) is 0.304. The van der Waals surface area contributed by atoms with Gasteiger partial charge in [-0.15, -0.1) is 0 Å². The lowest BCUT2D eigenvalue weighted by Crippen LogP contribution is -2.44. The van der Waals surface area contributed by atoms with E-state index >= 15 is 4.39 Å². The topological polar surface area (TPSA) is 67.6 Å². The largest absolute Gasteiger partial charge is 0.417 e. The van der Waals surface area contributed by atoms with Crippen LogP contribution in [0.25, 0.3) is 0 Å². The maximum Gasteiger partial charge on any atom is 0.417 e. The maximum absolute atomic E-state index is 15.3. The number of fused-ring (bicyclic) bond motifs is 1. The number of nitrogens with zero attached hydrogens (tertiary/aromatic N) is 4. The third-order valence-electron chi connectivity index (χ3n) is 6.30. The highest BCUT2D eigenvalue weighted by Gasteiger charge is 2.52. The van der Waals surface area contributed by atoms with Gasteiger partial charge in [0, 0.05) is 12.6 Å². The highest BCUT2D eigenvalue weighted by molar-refractivity contribution is 7.81. The van der Waals surface area contributed by atoms with Gasteiger partial charge in [0.2, 0.25) is 0 Å². The summed E-state index contributed by atoms with van der Waals surface area (Å²) in [6.07, 6.45) is -4.84. The Morgan fingerprint density at radius 2 is 1.79 bits per heavy atom. The molecule has 0 aromatic heterocycles. The van der Waals surface area contributed by atoms with E-state index in [1.165, 1.54) is 47.9 Å². The molecule has 1 fully saturated rings. The summed E-state index contributed by atoms with van der Waals surface area (Å²) < 4.78 is 55.7. The Balaban J connectivity index is 1.84. The lowest BCUT2D eigenvalue weighted by atomic mass is 9.99. The van der Waals surface area contributed by atoms with Gasteiger partial charge in [-0.25, -0.2) is 4.39 Å². The summed E-state index contributed by atoms with van der Waals surface area (Å²) in [5.74, 6) is -1.74. The van der Waals surface area contributed by atoms with Crippen LogP contribution in [-0.2, 0) is 11.0 Å². The van der Waals surface area contributed by atoms with Gasteiger partial charge in [-0.1, -0.05) is 0 Å². The van der Waals surface area contributed by atoms with Crippen LogP contribution in [0.1, 0.15) is 53.9 Å². The van der Waals surface area contributed by atoms with Crippen LogP contribution in [0.15, 0.2) is 30.3 Å². The molecule has 2 aliphatic rings. The van der Waals surface area contributed by atoms with Gasteiger partial charge in [0.05, 0.1) is 34.6 Å². The van der Waals surface area contributed by atoms with Crippen molar-refractivity contribution in [3.63, 3.8) is 0 Å². The van der Waals surface area contributed by atoms with Gasteiger partial charge in [0.25, 0.3) is 11.8 Å². The molecule has 1 atom stereocenters. The molecule has 2 amide bonds. The quantitative estimate of drug-likeness (QED) is 0.448. The molecular formula is C23H18F4N4O2S. The zero-order valence-corrected chi connectivity index (χ0v) is 19.3. The van der Waals surface area contributed by atoms with Crippen LogP contribution in [0.2, 0.25) is 0 Å². The molecule has 176 valence electrons. The fourth-order valence-electron chi connectivity index (χ4n) is 4.28. The number of rotatable bonds is 2. The number of hydrogen-bond acceptors (Lipinski definition) is 4. The van der Waals surface area contributed by atoms with E-state index in [0.717, 1.165) is 11.0 Å². The van der Waals surface area contributed by atoms with Gasteiger partial charge in [-0.3, -0.25) is 14.5 Å². The summed E-state index contributed by atoms with van der Waals surface area (Å²) in [4.78, 5) is 29.4. The number of nitriles is 1. The minimum Gasteiger partial charge on any atom is -0.335 e. The summed E-state index contributed by atoms with van der Waals surface area (Å²) in [6, 6.07) is 6.47. The summed E-state index contributed by atoms with van der Waals surface area (Å²) in [6.45, 7) is 4.67. The first-order chi connectivity index (χ1) is 15.7. The number of amides is 2. The van der Waals surface area contributed by atoms with Crippen molar-refractivity contribution in [3.05, 3.63) is 58.4 Å². The molecule has 0 N–H and O–H groups in total. The smallest absolute Gasteiger partial charge is 0.335 e. The third-order valence-corrected chi connectivity index (χ3v) is 6.66. The van der Waals surface area contributed by atoms with Gasteiger partial charge < -0.3 is 9.80 Å². The molecule has 0 bridgehead atoms. The Hall–Kier alpha value is -3.52. The highest BCUT2D eigenvalue weighted by Crippen LogP contribution is 2.42. The molecule has 4 rings (SSSR count). The lowest BCUT2D eigenvalue weighted by Gasteiger charge is -2.30. The minimum atomic E-state index is -4.84. The second-order valence-electron chi connectivity index (χ2n) is 8.64. The standard InChI is InChI=1S/C23H18F4N4O2S/c1-11-14-8-17(24)18(9-15(14)19(32)29(11)4)31-21(34)30(20(33)22(31,2)3)13-6-5-12(10-28)16(7-13)23(25,26)27/h5-9,11H,1-4H3. The van der Waals surface area contributed by atoms with Crippen LogP contribution in [0.5, 0.6) is 0 Å². The van der Waals surface area contributed by atoms with Gasteiger partial charge in [-0.05, 0) is 68.9 Å². The van der Waals surface area contributed by atoms with E-state index in [0.29, 0.717) is 11.6 Å². The van der Waals surface area contributed by atoms with Crippen molar-refractivity contribution in [1.82, 2.24) is 4.90 Å². The predicted molar refractivity (Wildman–Crippen MR) is 120 cm³/mol. The van der Waals surface area contributed by atoms with Crippen LogP contribution in [-0.4, -0.2) is 34.4 Å². The number of thiocarbonyl (C=S) groups is 1. The van der Waals surface area contributed by atoms with E-state index in [4.69, 9.17) is 17.5 Å². The van der Waals surface area contributed by atoms with Crippen molar-refractivity contribution in [2.45, 2.75) is 38.5 Å². The number of carbonyl (C=O) groups is 2. The first-order valence-corrected chi connectivity index (χ1v) is 10.5. The number of alkyl halides is 3. The molecule has 1 saturated heterocycles. The van der Waals surface area contributed by atoms with Gasteiger partial charge >= 0.3 is 6.18 Å². The van der Waals surface area contributed by atoms with Crippen molar-refractivity contribution in [3.8, 4) is 6.07 Å². The Morgan fingerprint density at radius 1 is 1.15 bits per heavy atom. The van der Waals surface area contributed by atoms with Gasteiger partial charge in [0.15, 0.2) is 5.11 Å². The molecule has 0 radical (unpaired) electrons. The second-order valence-corrected chi connectivity index (χ2v) is 9.01. The van der Waals surface area contributed by atoms with Crippen LogP contribution in [0.4, 0.5) is 28.9 Å². The van der Waals surface area contributed by atoms with Crippen molar-refractivity contribution in [2.75, 3.05) is 16.8 Å². The number of anilines is 2. The Morgan fingerprint density at radius 3 is 2.38 bits per heavy atom. The summed E-state index contributed by atoms with van der Waals surface area (Å²) in [7, 11) is 1.59. The molecule has 0 saturated carbocycles. The van der Waals surface area contributed by atoms with Gasteiger partial charge in [0.1, 0.15) is 11.4 Å². The van der Waals surface area contributed by atoms with E-state index in [-0.39, 0.29) is 34.0 Å². The average Bonchev–Trinajstić information content (AvgIpc) is 3.07. The van der Waals surface area contributed by atoms with E-state index in [2.05, 4.69) is 0 Å². The normalized spacial score (nSPS) is 19.7. The van der Waals surface area contributed by atoms with Gasteiger partial charge in [-0.2, -0.15) is 18.4 Å². The van der Waals surface area contributed by atoms with Crippen molar-refractivity contribution < 1.29 is 27.2 Å². The Labute approximate surface area is 198 Å². The minimum absolute atomic E-state index is 0.134. The summed E-state index contributed by atoms with van der Waals surface area (Å²) in [5.41, 5.74) is -2.89. The van der Waals surface area contributed by atoms with E-state index in [1.807, 2.05) is 0 Å². The van der Waals surface area contributed by atoms with Crippen molar-refractivity contribution in [1.29, 1.82) is 5.26 Å². The Bertz CT molecular complexity index is 1320. The first kappa shape index (κ1) is 23.6. The molecule has 2 aromatic carbocycles. The number of hydrogen-bond donors (Lipinski definition) is 0. The van der Waals surface area contributed by atoms with Crippen molar-refractivity contribution in [2.24, 2.45) is 0 Å². The molecule has 2 aromatic rings. The molecule has 0 spiro atoms. The zero-order chi connectivity index (χ0) is 25.3. The molecule has 0 aliphatic carbocycles. The number of carbonyl (C=O) groups excluding carboxylic acids is 2. The second kappa shape index (κ2) is 7.50. The Kier molecular flexibility index (Phi) is 5.21. The SMILES string of the molecule is CC1c2cc(F)c(N3C(=S)N(c4ccc(C#N)c(C(F)(F)F)c4)C(=O)C3(C)C)cc2C(=O)N1C. The maximum atomic E-state index is 15.3. The van der Waals surface area contributed by atoms with Crippen LogP contribution in [0, 0.1) is 17.1 Å². The van der Waals surface area contributed by atoms with E-state index < -0.39 is 34.6 Å². The van der Waals surface area contributed by atoms with E-state index in [1.54, 1.807) is 14.0 Å². The number of benzene rings is 2. The highest BCUT2D eigenvalue weighted by atomic mass is 32.1. The fourth-order valence-corrected chi connectivity index (χ4v) is 4.80. The van der Waals surface area contributed by atoms with E-state index in [9.17, 15) is 22.8 Å². The van der Waals surface area contributed by atoms with Crippen molar-refractivity contribution >= 4 is 40.5 Å². The number of halogens is 4. The molecular weight excluding hydrogens is 472 g/mol. The summed E-state index contributed by atoms with van der Waals surface area (Å²) in [5, 5.41) is 8.79. The predicted octanol–water partition coefficient (Wildman–Crippen LogP) is 4.78. The zero-order valence-electron chi connectivity index (χ0n) is 18.5. The molecule has 6 nitrogen and oxygen atoms in total. The molecule has 34 heavy (non-hydrogen) atoms. The third kappa shape index (κ3) is 3.24. The average molecular weight is 490 g/mol. The molecule has 1 unspecified atom stereocenters. The van der Waals surface area contributed by atoms with Crippen LogP contribution in [0.3, 0.4) is 0 Å². The summed E-state index contributed by atoms with van der Waals surface area (Å²) >= 11 is 5.44. The monoisotopic (exact) mass is 490 g/mol. The van der Waals surface area contributed by atoms with Crippen LogP contribution >= 0.6 is 12.2 Å². The molecule has 2 heterocycles. The molecule has 11 heteroatoms. The lowest BCUT2D eigenvalue weighted by molar-refractivity contribution is -0.137. The van der Waals surface area contributed by atoms with Crippen LogP contribution < -0.4 is 9.80 Å². The first-order valence-electron chi connectivity index (χ1n) is 10.1. The molecule has 2 aliphatic heterocycles.